The Morgan fingerprint density at radius 2 is 1.92 bits per heavy atom. The SMILES string of the molecule is CN=CC(=C(N)C(=O)N1CC(F)(F)CC(C)C1COc1ccc(C(F)(F)F)cn1)c1ccc(F)cc1. The average molecular weight is 514 g/mol. The minimum Gasteiger partial charge on any atom is -0.475 e. The van der Waals surface area contributed by atoms with Crippen LogP contribution in [-0.2, 0) is 11.0 Å². The first kappa shape index (κ1) is 27.0. The number of alkyl halides is 5. The maximum atomic E-state index is 14.5. The van der Waals surface area contributed by atoms with Gasteiger partial charge in [0.15, 0.2) is 0 Å². The van der Waals surface area contributed by atoms with Crippen molar-refractivity contribution in [2.45, 2.75) is 31.5 Å². The number of pyridine rings is 1. The van der Waals surface area contributed by atoms with Crippen molar-refractivity contribution >= 4 is 17.7 Å². The number of carbonyl (C=O) groups is 1. The topological polar surface area (TPSA) is 80.8 Å². The Bertz CT molecular complexity index is 1130. The minimum absolute atomic E-state index is 0.119. The van der Waals surface area contributed by atoms with E-state index in [4.69, 9.17) is 10.5 Å². The number of hydrogen-bond acceptors (Lipinski definition) is 5. The number of halogens is 6. The van der Waals surface area contributed by atoms with E-state index in [1.165, 1.54) is 32.3 Å². The van der Waals surface area contributed by atoms with E-state index in [-0.39, 0.29) is 23.8 Å². The van der Waals surface area contributed by atoms with E-state index in [9.17, 15) is 31.1 Å². The van der Waals surface area contributed by atoms with Crippen molar-refractivity contribution in [3.05, 3.63) is 65.2 Å². The molecular formula is C24H24F6N4O2. The Labute approximate surface area is 203 Å². The third-order valence-electron chi connectivity index (χ3n) is 5.74. The maximum absolute atomic E-state index is 14.5. The summed E-state index contributed by atoms with van der Waals surface area (Å²) in [7, 11) is 1.42. The van der Waals surface area contributed by atoms with Crippen LogP contribution in [0.5, 0.6) is 5.88 Å². The van der Waals surface area contributed by atoms with Crippen molar-refractivity contribution in [2.75, 3.05) is 20.2 Å². The highest BCUT2D eigenvalue weighted by molar-refractivity contribution is 6.18. The molecule has 1 saturated heterocycles. The van der Waals surface area contributed by atoms with Crippen molar-refractivity contribution in [3.8, 4) is 5.88 Å². The number of nitrogens with zero attached hydrogens (tertiary/aromatic N) is 3. The molecule has 0 bridgehead atoms. The normalized spacial score (nSPS) is 20.8. The summed E-state index contributed by atoms with van der Waals surface area (Å²) in [5.41, 5.74) is 5.23. The summed E-state index contributed by atoms with van der Waals surface area (Å²) in [4.78, 5) is 21.7. The lowest BCUT2D eigenvalue weighted by Crippen LogP contribution is -2.58. The predicted octanol–water partition coefficient (Wildman–Crippen LogP) is 4.56. The third-order valence-corrected chi connectivity index (χ3v) is 5.74. The van der Waals surface area contributed by atoms with Gasteiger partial charge in [-0.2, -0.15) is 13.2 Å². The first-order valence-corrected chi connectivity index (χ1v) is 10.8. The Morgan fingerprint density at radius 1 is 1.25 bits per heavy atom. The molecule has 194 valence electrons. The van der Waals surface area contributed by atoms with E-state index in [0.29, 0.717) is 11.8 Å². The van der Waals surface area contributed by atoms with Gasteiger partial charge in [-0.1, -0.05) is 19.1 Å². The van der Waals surface area contributed by atoms with Crippen LogP contribution >= 0.6 is 0 Å². The standard InChI is InChI=1S/C24H24F6N4O2/c1-14-9-23(26,27)13-34(19(14)12-36-20-8-5-16(10-33-20)24(28,29)30)22(35)21(31)18(11-32-2)15-3-6-17(25)7-4-15/h3-8,10-11,14,19H,9,12-13,31H2,1-2H3. The zero-order valence-corrected chi connectivity index (χ0v) is 19.4. The molecule has 0 aliphatic carbocycles. The van der Waals surface area contributed by atoms with E-state index >= 15 is 0 Å². The van der Waals surface area contributed by atoms with E-state index in [1.54, 1.807) is 0 Å². The third kappa shape index (κ3) is 6.35. The molecule has 1 fully saturated rings. The molecule has 1 aromatic heterocycles. The zero-order valence-electron chi connectivity index (χ0n) is 19.4. The number of ether oxygens (including phenoxy) is 1. The van der Waals surface area contributed by atoms with Gasteiger partial charge in [-0.05, 0) is 29.7 Å². The number of allylic oxidation sites excluding steroid dienone is 1. The predicted molar refractivity (Wildman–Crippen MR) is 121 cm³/mol. The fraction of sp³-hybridized carbons (Fsp3) is 0.375. The molecule has 6 nitrogen and oxygen atoms in total. The van der Waals surface area contributed by atoms with Gasteiger partial charge in [0.25, 0.3) is 11.8 Å². The molecule has 2 aromatic rings. The number of hydrogen-bond donors (Lipinski definition) is 1. The quantitative estimate of drug-likeness (QED) is 0.348. The van der Waals surface area contributed by atoms with Crippen LogP contribution in [0.25, 0.3) is 5.57 Å². The van der Waals surface area contributed by atoms with Crippen molar-refractivity contribution in [1.29, 1.82) is 0 Å². The summed E-state index contributed by atoms with van der Waals surface area (Å²) >= 11 is 0. The van der Waals surface area contributed by atoms with Crippen LogP contribution in [0.3, 0.4) is 0 Å². The Kier molecular flexibility index (Phi) is 7.95. The number of amides is 1. The lowest BCUT2D eigenvalue weighted by molar-refractivity contribution is -0.151. The molecule has 0 radical (unpaired) electrons. The largest absolute Gasteiger partial charge is 0.475 e. The number of piperidine rings is 1. The molecule has 1 aromatic carbocycles. The van der Waals surface area contributed by atoms with E-state index < -0.39 is 54.3 Å². The Hall–Kier alpha value is -3.57. The van der Waals surface area contributed by atoms with Crippen molar-refractivity contribution in [1.82, 2.24) is 9.88 Å². The molecule has 2 heterocycles. The number of nitrogens with two attached hydrogens (primary N) is 1. The molecule has 12 heteroatoms. The lowest BCUT2D eigenvalue weighted by atomic mass is 9.88. The second kappa shape index (κ2) is 10.6. The summed E-state index contributed by atoms with van der Waals surface area (Å²) < 4.78 is 86.0. The molecule has 0 spiro atoms. The Balaban J connectivity index is 1.89. The van der Waals surface area contributed by atoms with Crippen LogP contribution in [-0.4, -0.2) is 54.2 Å². The smallest absolute Gasteiger partial charge is 0.417 e. The second-order valence-electron chi connectivity index (χ2n) is 8.45. The summed E-state index contributed by atoms with van der Waals surface area (Å²) in [6, 6.07) is 5.96. The lowest BCUT2D eigenvalue weighted by Gasteiger charge is -2.43. The van der Waals surface area contributed by atoms with E-state index in [1.807, 2.05) is 0 Å². The van der Waals surface area contributed by atoms with Crippen LogP contribution in [0.1, 0.15) is 24.5 Å². The van der Waals surface area contributed by atoms with Crippen molar-refractivity contribution in [2.24, 2.45) is 16.6 Å². The molecule has 2 atom stereocenters. The van der Waals surface area contributed by atoms with Crippen molar-refractivity contribution in [3.63, 3.8) is 0 Å². The fourth-order valence-corrected chi connectivity index (χ4v) is 3.95. The summed E-state index contributed by atoms with van der Waals surface area (Å²) in [6.07, 6.45) is -3.25. The highest BCUT2D eigenvalue weighted by Gasteiger charge is 2.47. The number of aromatic nitrogens is 1. The number of carbonyl (C=O) groups excluding carboxylic acids is 1. The first-order chi connectivity index (χ1) is 16.8. The second-order valence-corrected chi connectivity index (χ2v) is 8.45. The number of rotatable bonds is 6. The molecule has 1 aliphatic rings. The molecule has 2 unspecified atom stereocenters. The van der Waals surface area contributed by atoms with Crippen LogP contribution < -0.4 is 10.5 Å². The van der Waals surface area contributed by atoms with Crippen LogP contribution in [0.15, 0.2) is 53.3 Å². The zero-order chi connectivity index (χ0) is 26.7. The van der Waals surface area contributed by atoms with Crippen LogP contribution in [0, 0.1) is 11.7 Å². The molecule has 3 rings (SSSR count). The van der Waals surface area contributed by atoms with Gasteiger partial charge in [-0.3, -0.25) is 9.79 Å². The molecule has 2 N–H and O–H groups in total. The summed E-state index contributed by atoms with van der Waals surface area (Å²) in [5.74, 6) is -5.53. The van der Waals surface area contributed by atoms with Gasteiger partial charge in [-0.15, -0.1) is 0 Å². The molecular weight excluding hydrogens is 490 g/mol. The van der Waals surface area contributed by atoms with Crippen molar-refractivity contribution < 1.29 is 35.9 Å². The minimum atomic E-state index is -4.58. The number of benzene rings is 1. The highest BCUT2D eigenvalue weighted by Crippen LogP contribution is 2.36. The van der Waals surface area contributed by atoms with Crippen LogP contribution in [0.2, 0.25) is 0 Å². The van der Waals surface area contributed by atoms with Gasteiger partial charge in [0.05, 0.1) is 18.2 Å². The Morgan fingerprint density at radius 3 is 2.47 bits per heavy atom. The molecule has 36 heavy (non-hydrogen) atoms. The van der Waals surface area contributed by atoms with Gasteiger partial charge in [-0.25, -0.2) is 18.2 Å². The monoisotopic (exact) mass is 514 g/mol. The van der Waals surface area contributed by atoms with Gasteiger partial charge in [0.1, 0.15) is 18.1 Å². The van der Waals surface area contributed by atoms with E-state index in [0.717, 1.165) is 29.2 Å². The summed E-state index contributed by atoms with van der Waals surface area (Å²) in [6.45, 7) is 0.267. The fourth-order valence-electron chi connectivity index (χ4n) is 3.95. The average Bonchev–Trinajstić information content (AvgIpc) is 2.80. The van der Waals surface area contributed by atoms with Gasteiger partial charge in [0.2, 0.25) is 5.88 Å². The first-order valence-electron chi connectivity index (χ1n) is 10.8. The molecule has 1 amide bonds. The van der Waals surface area contributed by atoms with Gasteiger partial charge in [0, 0.05) is 37.5 Å². The summed E-state index contributed by atoms with van der Waals surface area (Å²) in [5, 5.41) is 0. The number of likely N-dealkylation sites (tertiary alicyclic amines) is 1. The van der Waals surface area contributed by atoms with E-state index in [2.05, 4.69) is 9.98 Å². The van der Waals surface area contributed by atoms with Gasteiger partial charge < -0.3 is 15.4 Å². The molecule has 1 aliphatic heterocycles. The van der Waals surface area contributed by atoms with Crippen LogP contribution in [0.4, 0.5) is 26.3 Å². The van der Waals surface area contributed by atoms with Gasteiger partial charge >= 0.3 is 6.18 Å². The molecule has 0 saturated carbocycles. The highest BCUT2D eigenvalue weighted by atomic mass is 19.4. The number of aliphatic imine (C=N–C) groups is 1. The maximum Gasteiger partial charge on any atom is 0.417 e.